The van der Waals surface area contributed by atoms with Gasteiger partial charge in [0.25, 0.3) is 0 Å². The Hall–Kier alpha value is -2.16. The van der Waals surface area contributed by atoms with Gasteiger partial charge in [0.1, 0.15) is 5.75 Å². The zero-order valence-corrected chi connectivity index (χ0v) is 7.92. The molecule has 0 aliphatic rings. The summed E-state index contributed by atoms with van der Waals surface area (Å²) in [6.45, 7) is 0. The number of phenols is 2. The van der Waals surface area contributed by atoms with Gasteiger partial charge in [-0.1, -0.05) is 24.3 Å². The number of hydrogen-bond acceptors (Lipinski definition) is 3. The van der Waals surface area contributed by atoms with E-state index >= 15 is 0 Å². The lowest BCUT2D eigenvalue weighted by Crippen LogP contribution is -1.84. The van der Waals surface area contributed by atoms with Crippen LogP contribution >= 0.6 is 0 Å². The first-order valence-corrected chi connectivity index (χ1v) is 4.51. The van der Waals surface area contributed by atoms with Crippen LogP contribution in [0.15, 0.2) is 48.5 Å². The third-order valence-corrected chi connectivity index (χ3v) is 1.94. The Bertz CT molecular complexity index is 431. The lowest BCUT2D eigenvalue weighted by molar-refractivity contribution is 0.376. The van der Waals surface area contributed by atoms with E-state index in [1.165, 1.54) is 12.1 Å². The van der Waals surface area contributed by atoms with Crippen LogP contribution in [0.2, 0.25) is 0 Å². The summed E-state index contributed by atoms with van der Waals surface area (Å²) in [6.07, 6.45) is 0. The molecular weight excluding hydrogens is 192 g/mol. The van der Waals surface area contributed by atoms with Crippen LogP contribution in [0.4, 0.5) is 0 Å². The third kappa shape index (κ3) is 2.02. The summed E-state index contributed by atoms with van der Waals surface area (Å²) < 4.78 is 5.34. The molecule has 0 aliphatic carbocycles. The monoisotopic (exact) mass is 202 g/mol. The number of ether oxygens (including phenoxy) is 1. The van der Waals surface area contributed by atoms with Crippen molar-refractivity contribution in [2.45, 2.75) is 0 Å². The molecule has 2 N–H and O–H groups in total. The number of aromatic hydroxyl groups is 2. The van der Waals surface area contributed by atoms with Gasteiger partial charge < -0.3 is 14.9 Å². The summed E-state index contributed by atoms with van der Waals surface area (Å²) in [5.41, 5.74) is 0. The van der Waals surface area contributed by atoms with Crippen LogP contribution in [0.1, 0.15) is 0 Å². The maximum Gasteiger partial charge on any atom is 0.210 e. The van der Waals surface area contributed by atoms with E-state index in [1.807, 2.05) is 18.2 Å². The molecule has 2 aromatic carbocycles. The summed E-state index contributed by atoms with van der Waals surface area (Å²) in [4.78, 5) is 0. The molecule has 3 heteroatoms. The van der Waals surface area contributed by atoms with Gasteiger partial charge in [-0.25, -0.2) is 0 Å². The SMILES string of the molecule is Oc1cccc(O)c1Oc1ccccc1. The minimum Gasteiger partial charge on any atom is -0.504 e. The van der Waals surface area contributed by atoms with Crippen LogP contribution < -0.4 is 4.74 Å². The van der Waals surface area contributed by atoms with Crippen LogP contribution in [0.25, 0.3) is 0 Å². The fourth-order valence-corrected chi connectivity index (χ4v) is 1.22. The van der Waals surface area contributed by atoms with Crippen molar-refractivity contribution in [1.29, 1.82) is 0 Å². The van der Waals surface area contributed by atoms with E-state index in [-0.39, 0.29) is 17.2 Å². The molecule has 0 fully saturated rings. The van der Waals surface area contributed by atoms with Gasteiger partial charge in [-0.3, -0.25) is 0 Å². The molecule has 0 radical (unpaired) electrons. The molecule has 0 aromatic heterocycles. The Kier molecular flexibility index (Phi) is 2.46. The van der Waals surface area contributed by atoms with Gasteiger partial charge in [0, 0.05) is 0 Å². The fourth-order valence-electron chi connectivity index (χ4n) is 1.22. The van der Waals surface area contributed by atoms with Gasteiger partial charge >= 0.3 is 0 Å². The van der Waals surface area contributed by atoms with E-state index in [4.69, 9.17) is 4.74 Å². The van der Waals surface area contributed by atoms with Crippen molar-refractivity contribution >= 4 is 0 Å². The van der Waals surface area contributed by atoms with Crippen molar-refractivity contribution in [1.82, 2.24) is 0 Å². The number of benzene rings is 2. The largest absolute Gasteiger partial charge is 0.504 e. The quantitative estimate of drug-likeness (QED) is 0.787. The normalized spacial score (nSPS) is 9.87. The van der Waals surface area contributed by atoms with Gasteiger partial charge in [0.15, 0.2) is 11.5 Å². The van der Waals surface area contributed by atoms with Gasteiger partial charge in [0.2, 0.25) is 5.75 Å². The molecule has 0 atom stereocenters. The molecule has 2 rings (SSSR count). The van der Waals surface area contributed by atoms with Gasteiger partial charge in [-0.15, -0.1) is 0 Å². The van der Waals surface area contributed by atoms with Gasteiger partial charge in [-0.2, -0.15) is 0 Å². The molecule has 0 amide bonds. The van der Waals surface area contributed by atoms with E-state index in [1.54, 1.807) is 18.2 Å². The van der Waals surface area contributed by atoms with Crippen LogP contribution in [-0.4, -0.2) is 10.2 Å². The van der Waals surface area contributed by atoms with E-state index in [2.05, 4.69) is 0 Å². The van der Waals surface area contributed by atoms with E-state index in [0.717, 1.165) is 0 Å². The maximum absolute atomic E-state index is 9.47. The third-order valence-electron chi connectivity index (χ3n) is 1.94. The lowest BCUT2D eigenvalue weighted by atomic mass is 10.3. The Labute approximate surface area is 87.2 Å². The average molecular weight is 202 g/mol. The smallest absolute Gasteiger partial charge is 0.210 e. The minimum atomic E-state index is -0.0844. The van der Waals surface area contributed by atoms with E-state index < -0.39 is 0 Å². The molecule has 0 bridgehead atoms. The number of hydrogen-bond donors (Lipinski definition) is 2. The highest BCUT2D eigenvalue weighted by Gasteiger charge is 2.08. The van der Waals surface area contributed by atoms with Crippen molar-refractivity contribution in [3.8, 4) is 23.0 Å². The lowest BCUT2D eigenvalue weighted by Gasteiger charge is -2.08. The first-order chi connectivity index (χ1) is 7.27. The first kappa shape index (κ1) is 9.40. The van der Waals surface area contributed by atoms with E-state index in [9.17, 15) is 10.2 Å². The van der Waals surface area contributed by atoms with Crippen LogP contribution in [-0.2, 0) is 0 Å². The Morgan fingerprint density at radius 2 is 1.33 bits per heavy atom. The second-order valence-corrected chi connectivity index (χ2v) is 3.04. The van der Waals surface area contributed by atoms with Gasteiger partial charge in [-0.05, 0) is 24.3 Å². The molecule has 3 nitrogen and oxygen atoms in total. The van der Waals surface area contributed by atoms with Crippen LogP contribution in [0.5, 0.6) is 23.0 Å². The van der Waals surface area contributed by atoms with Crippen molar-refractivity contribution in [3.63, 3.8) is 0 Å². The minimum absolute atomic E-state index is 0.0729. The van der Waals surface area contributed by atoms with Crippen molar-refractivity contribution in [2.24, 2.45) is 0 Å². The summed E-state index contributed by atoms with van der Waals surface area (Å²) in [5, 5.41) is 18.9. The zero-order valence-electron chi connectivity index (χ0n) is 7.92. The second-order valence-electron chi connectivity index (χ2n) is 3.04. The highest BCUT2D eigenvalue weighted by molar-refractivity contribution is 5.51. The van der Waals surface area contributed by atoms with Crippen LogP contribution in [0, 0.1) is 0 Å². The van der Waals surface area contributed by atoms with E-state index in [0.29, 0.717) is 5.75 Å². The highest BCUT2D eigenvalue weighted by Crippen LogP contribution is 2.38. The molecule has 0 aliphatic heterocycles. The molecular formula is C12H10O3. The fraction of sp³-hybridized carbons (Fsp3) is 0. The molecule has 0 saturated heterocycles. The van der Waals surface area contributed by atoms with Crippen molar-refractivity contribution < 1.29 is 14.9 Å². The maximum atomic E-state index is 9.47. The molecule has 0 spiro atoms. The molecule has 0 heterocycles. The predicted octanol–water partition coefficient (Wildman–Crippen LogP) is 2.89. The Morgan fingerprint density at radius 3 is 1.93 bits per heavy atom. The second kappa shape index (κ2) is 3.92. The molecule has 15 heavy (non-hydrogen) atoms. The standard InChI is InChI=1S/C12H10O3/c13-10-7-4-8-11(14)12(10)15-9-5-2-1-3-6-9/h1-8,13-14H. The summed E-state index contributed by atoms with van der Waals surface area (Å²) in [5.74, 6) is 0.468. The molecule has 0 saturated carbocycles. The highest BCUT2D eigenvalue weighted by atomic mass is 16.5. The van der Waals surface area contributed by atoms with Crippen LogP contribution in [0.3, 0.4) is 0 Å². The number of para-hydroxylation sites is 2. The zero-order chi connectivity index (χ0) is 10.7. The average Bonchev–Trinajstić information content (AvgIpc) is 2.25. The number of phenolic OH excluding ortho intramolecular Hbond substituents is 2. The molecule has 2 aromatic rings. The van der Waals surface area contributed by atoms with Crippen molar-refractivity contribution in [2.75, 3.05) is 0 Å². The molecule has 76 valence electrons. The summed E-state index contributed by atoms with van der Waals surface area (Å²) >= 11 is 0. The molecule has 0 unspecified atom stereocenters. The number of rotatable bonds is 2. The predicted molar refractivity (Wildman–Crippen MR) is 56.3 cm³/mol. The summed E-state index contributed by atoms with van der Waals surface area (Å²) in [6, 6.07) is 13.4. The van der Waals surface area contributed by atoms with Gasteiger partial charge in [0.05, 0.1) is 0 Å². The summed E-state index contributed by atoms with van der Waals surface area (Å²) in [7, 11) is 0. The first-order valence-electron chi connectivity index (χ1n) is 4.51. The Balaban J connectivity index is 2.32. The van der Waals surface area contributed by atoms with Crippen molar-refractivity contribution in [3.05, 3.63) is 48.5 Å². The Morgan fingerprint density at radius 1 is 0.733 bits per heavy atom. The topological polar surface area (TPSA) is 49.7 Å².